The van der Waals surface area contributed by atoms with E-state index in [2.05, 4.69) is 17.1 Å². The molecule has 4 bridgehead atoms. The molecule has 4 rings (SSSR count). The summed E-state index contributed by atoms with van der Waals surface area (Å²) in [5.41, 5.74) is 12.7. The van der Waals surface area contributed by atoms with Gasteiger partial charge in [-0.2, -0.15) is 5.10 Å². The van der Waals surface area contributed by atoms with E-state index in [0.29, 0.717) is 11.3 Å². The lowest BCUT2D eigenvalue weighted by Crippen LogP contribution is -2.53. The van der Waals surface area contributed by atoms with Crippen LogP contribution in [0.2, 0.25) is 0 Å². The maximum Gasteiger partial charge on any atom is 0.211 e. The second kappa shape index (κ2) is 8.55. The van der Waals surface area contributed by atoms with Gasteiger partial charge in [-0.05, 0) is 50.4 Å². The van der Waals surface area contributed by atoms with Crippen molar-refractivity contribution in [2.75, 3.05) is 0 Å². The minimum Gasteiger partial charge on any atom is -0.369 e. The summed E-state index contributed by atoms with van der Waals surface area (Å²) in [6, 6.07) is 0. The lowest BCUT2D eigenvalue weighted by molar-refractivity contribution is 0.0399. The van der Waals surface area contributed by atoms with E-state index in [1.165, 1.54) is 82.8 Å². The summed E-state index contributed by atoms with van der Waals surface area (Å²) in [5.74, 6) is 2.63. The Hall–Kier alpha value is -0.770. The lowest BCUT2D eigenvalue weighted by atomic mass is 9.47. The van der Waals surface area contributed by atoms with E-state index < -0.39 is 0 Å². The molecule has 0 radical (unpaired) electrons. The number of rotatable bonds is 8. The number of halogens is 1. The predicted molar refractivity (Wildman–Crippen MR) is 104 cm³/mol. The number of nitrogens with zero attached hydrogens (tertiary/aromatic N) is 2. The van der Waals surface area contributed by atoms with Crippen LogP contribution < -0.4 is 11.5 Å². The molecular weight excluding hydrogens is 320 g/mol. The summed E-state index contributed by atoms with van der Waals surface area (Å²) in [4.78, 5) is 0. The molecule has 4 saturated carbocycles. The largest absolute Gasteiger partial charge is 0.369 e. The first-order chi connectivity index (χ1) is 11.1. The Morgan fingerprint density at radius 1 is 1.00 bits per heavy atom. The number of nitrogens with two attached hydrogens (primary N) is 2. The Balaban J connectivity index is 0.00000208. The minimum absolute atomic E-state index is 0. The van der Waals surface area contributed by atoms with Crippen molar-refractivity contribution in [1.29, 1.82) is 0 Å². The highest BCUT2D eigenvalue weighted by Crippen LogP contribution is 2.60. The standard InChI is InChI=1S/C19H34N4.ClH/c1-2-3-4-5-6-7-8-19-12-14-9-15(13-19)11-16(10-14)17(19)22-23-18(20)21;/h14-16H,2-13H2,1H3,(H4,20,21,23);1H/b22-17+;/t14-,15+,16?,19?;. The van der Waals surface area contributed by atoms with E-state index in [0.717, 1.165) is 11.8 Å². The fraction of sp³-hybridized carbons (Fsp3) is 0.895. The first-order valence-corrected chi connectivity index (χ1v) is 9.80. The SMILES string of the molecule is CCCCCCCCC12C[C@@H]3CC(C[C@@H](C3)C1)/C2=N\N=C(N)N.Cl. The molecule has 0 heterocycles. The molecule has 4 nitrogen and oxygen atoms in total. The summed E-state index contributed by atoms with van der Waals surface area (Å²) >= 11 is 0. The van der Waals surface area contributed by atoms with E-state index in [4.69, 9.17) is 11.5 Å². The Morgan fingerprint density at radius 3 is 2.25 bits per heavy atom. The molecule has 0 spiro atoms. The zero-order valence-electron chi connectivity index (χ0n) is 15.2. The first-order valence-electron chi connectivity index (χ1n) is 9.80. The Kier molecular flexibility index (Phi) is 6.97. The molecule has 0 aliphatic heterocycles. The van der Waals surface area contributed by atoms with Crippen molar-refractivity contribution < 1.29 is 0 Å². The zero-order valence-corrected chi connectivity index (χ0v) is 16.0. The number of hydrogen-bond donors (Lipinski definition) is 2. The molecule has 0 aromatic carbocycles. The van der Waals surface area contributed by atoms with Crippen LogP contribution in [0.4, 0.5) is 0 Å². The average molecular weight is 355 g/mol. The van der Waals surface area contributed by atoms with Gasteiger partial charge in [-0.15, -0.1) is 17.5 Å². The second-order valence-corrected chi connectivity index (χ2v) is 8.35. The Morgan fingerprint density at radius 2 is 1.62 bits per heavy atom. The van der Waals surface area contributed by atoms with E-state index in [1.807, 2.05) is 0 Å². The highest BCUT2D eigenvalue weighted by Gasteiger charge is 2.54. The third-order valence-corrected chi connectivity index (χ3v) is 6.47. The molecular formula is C19H35ClN4. The van der Waals surface area contributed by atoms with Crippen LogP contribution in [0.25, 0.3) is 0 Å². The van der Waals surface area contributed by atoms with Gasteiger partial charge >= 0.3 is 0 Å². The Labute approximate surface area is 153 Å². The van der Waals surface area contributed by atoms with Crippen LogP contribution in [0.15, 0.2) is 10.2 Å². The summed E-state index contributed by atoms with van der Waals surface area (Å²) in [6.07, 6.45) is 16.3. The number of hydrogen-bond acceptors (Lipinski definition) is 2. The van der Waals surface area contributed by atoms with Crippen molar-refractivity contribution in [1.82, 2.24) is 0 Å². The van der Waals surface area contributed by atoms with Crippen molar-refractivity contribution in [3.63, 3.8) is 0 Å². The van der Waals surface area contributed by atoms with Crippen molar-refractivity contribution in [3.8, 4) is 0 Å². The van der Waals surface area contributed by atoms with Gasteiger partial charge in [-0.1, -0.05) is 45.4 Å². The molecule has 0 saturated heterocycles. The van der Waals surface area contributed by atoms with Crippen molar-refractivity contribution in [2.24, 2.45) is 44.8 Å². The average Bonchev–Trinajstić information content (AvgIpc) is 2.49. The third-order valence-electron chi connectivity index (χ3n) is 6.47. The molecule has 4 aliphatic carbocycles. The topological polar surface area (TPSA) is 76.8 Å². The molecule has 4 atom stereocenters. The maximum atomic E-state index is 5.53. The molecule has 138 valence electrons. The highest BCUT2D eigenvalue weighted by atomic mass is 35.5. The normalized spacial score (nSPS) is 35.0. The summed E-state index contributed by atoms with van der Waals surface area (Å²) in [6.45, 7) is 2.28. The fourth-order valence-corrected chi connectivity index (χ4v) is 5.83. The van der Waals surface area contributed by atoms with Gasteiger partial charge in [0.15, 0.2) is 0 Å². The molecule has 4 N–H and O–H groups in total. The van der Waals surface area contributed by atoms with Crippen molar-refractivity contribution in [3.05, 3.63) is 0 Å². The lowest BCUT2D eigenvalue weighted by Gasteiger charge is -2.57. The van der Waals surface area contributed by atoms with Gasteiger partial charge < -0.3 is 11.5 Å². The molecule has 4 aliphatic rings. The van der Waals surface area contributed by atoms with Crippen LogP contribution in [-0.4, -0.2) is 11.7 Å². The van der Waals surface area contributed by atoms with Crippen LogP contribution >= 0.6 is 12.4 Å². The van der Waals surface area contributed by atoms with E-state index >= 15 is 0 Å². The van der Waals surface area contributed by atoms with Gasteiger partial charge in [0.1, 0.15) is 0 Å². The smallest absolute Gasteiger partial charge is 0.211 e. The van der Waals surface area contributed by atoms with Crippen LogP contribution in [-0.2, 0) is 0 Å². The molecule has 0 aromatic heterocycles. The van der Waals surface area contributed by atoms with Crippen LogP contribution in [0, 0.1) is 23.2 Å². The van der Waals surface area contributed by atoms with E-state index in [-0.39, 0.29) is 18.4 Å². The molecule has 0 aromatic rings. The molecule has 0 amide bonds. The molecule has 4 fully saturated rings. The van der Waals surface area contributed by atoms with E-state index in [1.54, 1.807) is 0 Å². The second-order valence-electron chi connectivity index (χ2n) is 8.35. The molecule has 5 heteroatoms. The predicted octanol–water partition coefficient (Wildman–Crippen LogP) is 4.61. The van der Waals surface area contributed by atoms with Crippen LogP contribution in [0.3, 0.4) is 0 Å². The number of guanidine groups is 1. The maximum absolute atomic E-state index is 5.53. The quantitative estimate of drug-likeness (QED) is 0.289. The highest BCUT2D eigenvalue weighted by molar-refractivity contribution is 5.94. The third kappa shape index (κ3) is 4.25. The van der Waals surface area contributed by atoms with Crippen LogP contribution in [0.5, 0.6) is 0 Å². The van der Waals surface area contributed by atoms with Gasteiger partial charge in [0.2, 0.25) is 5.96 Å². The van der Waals surface area contributed by atoms with Gasteiger partial charge in [0.05, 0.1) is 0 Å². The van der Waals surface area contributed by atoms with Gasteiger partial charge in [-0.3, -0.25) is 0 Å². The summed E-state index contributed by atoms with van der Waals surface area (Å²) in [7, 11) is 0. The van der Waals surface area contributed by atoms with Crippen molar-refractivity contribution >= 4 is 24.1 Å². The summed E-state index contributed by atoms with van der Waals surface area (Å²) in [5, 5.41) is 8.62. The zero-order chi connectivity index (χ0) is 16.3. The van der Waals surface area contributed by atoms with Crippen LogP contribution in [0.1, 0.15) is 84.0 Å². The van der Waals surface area contributed by atoms with Gasteiger partial charge in [-0.25, -0.2) is 0 Å². The minimum atomic E-state index is 0. The number of unbranched alkanes of at least 4 members (excludes halogenated alkanes) is 5. The first kappa shape index (κ1) is 19.6. The molecule has 2 unspecified atom stereocenters. The van der Waals surface area contributed by atoms with Crippen molar-refractivity contribution in [2.45, 2.75) is 84.0 Å². The van der Waals surface area contributed by atoms with Gasteiger partial charge in [0.25, 0.3) is 0 Å². The molecule has 24 heavy (non-hydrogen) atoms. The fourth-order valence-electron chi connectivity index (χ4n) is 5.83. The van der Waals surface area contributed by atoms with Gasteiger partial charge in [0, 0.05) is 17.0 Å². The van der Waals surface area contributed by atoms with E-state index in [9.17, 15) is 0 Å². The summed E-state index contributed by atoms with van der Waals surface area (Å²) < 4.78 is 0. The Bertz CT molecular complexity index is 456. The monoisotopic (exact) mass is 354 g/mol.